The summed E-state index contributed by atoms with van der Waals surface area (Å²) in [6, 6.07) is 8.66. The van der Waals surface area contributed by atoms with Crippen LogP contribution in [-0.4, -0.2) is 47.1 Å². The number of aryl methyl sites for hydroxylation is 3. The third-order valence-electron chi connectivity index (χ3n) is 4.61. The maximum atomic E-state index is 5.82. The van der Waals surface area contributed by atoms with Crippen molar-refractivity contribution in [3.05, 3.63) is 58.9 Å². The van der Waals surface area contributed by atoms with Crippen molar-refractivity contribution in [3.63, 3.8) is 0 Å². The molecule has 26 heavy (non-hydrogen) atoms. The van der Waals surface area contributed by atoms with E-state index in [1.54, 1.807) is 0 Å². The number of hydrogen-bond acceptors (Lipinski definition) is 3. The summed E-state index contributed by atoms with van der Waals surface area (Å²) in [5.74, 6) is 0. The summed E-state index contributed by atoms with van der Waals surface area (Å²) < 4.78 is 0. The quantitative estimate of drug-likeness (QED) is 0.765. The second-order valence-corrected chi connectivity index (χ2v) is 7.54. The minimum atomic E-state index is 0.170. The molecule has 0 aliphatic rings. The van der Waals surface area contributed by atoms with Crippen molar-refractivity contribution in [1.82, 2.24) is 14.8 Å². The first kappa shape index (κ1) is 20.3. The van der Waals surface area contributed by atoms with Crippen LogP contribution in [-0.2, 0) is 0 Å². The van der Waals surface area contributed by atoms with Gasteiger partial charge in [0.1, 0.15) is 0 Å². The van der Waals surface area contributed by atoms with Gasteiger partial charge in [0.15, 0.2) is 5.11 Å². The molecule has 5 heteroatoms. The predicted octanol–water partition coefficient (Wildman–Crippen LogP) is 4.33. The Morgan fingerprint density at radius 1 is 1.08 bits per heavy atom. The molecule has 2 aromatic rings. The van der Waals surface area contributed by atoms with Gasteiger partial charge in [0, 0.05) is 31.2 Å². The van der Waals surface area contributed by atoms with Crippen LogP contribution in [0.5, 0.6) is 0 Å². The zero-order chi connectivity index (χ0) is 19.3. The Bertz CT molecular complexity index is 720. The molecule has 0 amide bonds. The number of aromatic nitrogens is 1. The third kappa shape index (κ3) is 5.26. The molecule has 0 bridgehead atoms. The molecule has 1 atom stereocenters. The highest BCUT2D eigenvalue weighted by Crippen LogP contribution is 2.25. The lowest BCUT2D eigenvalue weighted by atomic mass is 10.1. The topological polar surface area (TPSA) is 31.4 Å². The summed E-state index contributed by atoms with van der Waals surface area (Å²) in [7, 11) is 4.17. The summed E-state index contributed by atoms with van der Waals surface area (Å²) in [4.78, 5) is 8.56. The van der Waals surface area contributed by atoms with Gasteiger partial charge in [-0.15, -0.1) is 0 Å². The van der Waals surface area contributed by atoms with Crippen LogP contribution in [0.25, 0.3) is 0 Å². The molecule has 0 spiro atoms. The van der Waals surface area contributed by atoms with Gasteiger partial charge in [-0.05, 0) is 82.8 Å². The van der Waals surface area contributed by atoms with E-state index < -0.39 is 0 Å². The Kier molecular flexibility index (Phi) is 7.12. The first-order chi connectivity index (χ1) is 12.3. The molecule has 1 aromatic heterocycles. The largest absolute Gasteiger partial charge is 0.341 e. The fourth-order valence-electron chi connectivity index (χ4n) is 3.16. The molecule has 0 unspecified atom stereocenters. The first-order valence-corrected chi connectivity index (χ1v) is 9.40. The van der Waals surface area contributed by atoms with Crippen LogP contribution in [0.15, 0.2) is 36.7 Å². The molecule has 0 aliphatic heterocycles. The number of nitrogens with one attached hydrogen (secondary N) is 1. The van der Waals surface area contributed by atoms with Gasteiger partial charge in [-0.1, -0.05) is 17.7 Å². The number of anilines is 1. The molecule has 0 saturated heterocycles. The van der Waals surface area contributed by atoms with Gasteiger partial charge in [0.05, 0.1) is 6.04 Å². The van der Waals surface area contributed by atoms with E-state index in [4.69, 9.17) is 12.2 Å². The highest BCUT2D eigenvalue weighted by atomic mass is 32.1. The van der Waals surface area contributed by atoms with Crippen LogP contribution in [0.4, 0.5) is 5.69 Å². The molecule has 2 rings (SSSR count). The standard InChI is InChI=1S/C21H30N4S/c1-15-13-16(2)20(17(3)14-15)23-21(26)25(12-11-24(5)6)18(4)19-7-9-22-10-8-19/h7-10,13-14,18H,11-12H2,1-6H3,(H,23,26)/t18-/m0/s1. The van der Waals surface area contributed by atoms with E-state index in [0.717, 1.165) is 23.9 Å². The number of thiocarbonyl (C=S) groups is 1. The number of likely N-dealkylation sites (N-methyl/N-ethyl adjacent to an activating group) is 1. The summed E-state index contributed by atoms with van der Waals surface area (Å²) in [5, 5.41) is 4.26. The first-order valence-electron chi connectivity index (χ1n) is 8.99. The summed E-state index contributed by atoms with van der Waals surface area (Å²) in [6.07, 6.45) is 3.67. The summed E-state index contributed by atoms with van der Waals surface area (Å²) in [5.41, 5.74) is 6.02. The number of pyridine rings is 1. The minimum absolute atomic E-state index is 0.170. The normalized spacial score (nSPS) is 12.1. The predicted molar refractivity (Wildman–Crippen MR) is 115 cm³/mol. The molecule has 140 valence electrons. The van der Waals surface area contributed by atoms with Crippen LogP contribution in [0.1, 0.15) is 35.2 Å². The highest BCUT2D eigenvalue weighted by molar-refractivity contribution is 7.80. The molecule has 0 radical (unpaired) electrons. The van der Waals surface area contributed by atoms with Gasteiger partial charge in [0.25, 0.3) is 0 Å². The van der Waals surface area contributed by atoms with Gasteiger partial charge in [-0.2, -0.15) is 0 Å². The van der Waals surface area contributed by atoms with Crippen LogP contribution in [0.3, 0.4) is 0 Å². The van der Waals surface area contributed by atoms with Gasteiger partial charge >= 0.3 is 0 Å². The number of rotatable bonds is 6. The number of benzene rings is 1. The van der Waals surface area contributed by atoms with E-state index in [1.165, 1.54) is 22.3 Å². The average molecular weight is 371 g/mol. The van der Waals surface area contributed by atoms with Gasteiger partial charge in [-0.3, -0.25) is 4.98 Å². The van der Waals surface area contributed by atoms with E-state index in [-0.39, 0.29) is 6.04 Å². The third-order valence-corrected chi connectivity index (χ3v) is 4.95. The molecule has 4 nitrogen and oxygen atoms in total. The van der Waals surface area contributed by atoms with Crippen molar-refractivity contribution in [1.29, 1.82) is 0 Å². The molecular formula is C21H30N4S. The van der Waals surface area contributed by atoms with E-state index in [1.807, 2.05) is 12.4 Å². The van der Waals surface area contributed by atoms with Crippen molar-refractivity contribution < 1.29 is 0 Å². The molecule has 1 heterocycles. The summed E-state index contributed by atoms with van der Waals surface area (Å²) >= 11 is 5.82. The van der Waals surface area contributed by atoms with E-state index in [0.29, 0.717) is 0 Å². The van der Waals surface area contributed by atoms with E-state index in [2.05, 4.69) is 86.2 Å². The van der Waals surface area contributed by atoms with Gasteiger partial charge < -0.3 is 15.1 Å². The zero-order valence-electron chi connectivity index (χ0n) is 16.7. The Morgan fingerprint density at radius 2 is 1.65 bits per heavy atom. The molecule has 0 aliphatic carbocycles. The fourth-order valence-corrected chi connectivity index (χ4v) is 3.51. The van der Waals surface area contributed by atoms with Crippen molar-refractivity contribution in [3.8, 4) is 0 Å². The second kappa shape index (κ2) is 9.10. The molecule has 0 fully saturated rings. The Balaban J connectivity index is 2.25. The highest BCUT2D eigenvalue weighted by Gasteiger charge is 2.20. The van der Waals surface area contributed by atoms with Crippen LogP contribution in [0, 0.1) is 20.8 Å². The second-order valence-electron chi connectivity index (χ2n) is 7.16. The monoisotopic (exact) mass is 370 g/mol. The lowest BCUT2D eigenvalue weighted by molar-refractivity contribution is 0.289. The summed E-state index contributed by atoms with van der Waals surface area (Å²) in [6.45, 7) is 10.4. The number of nitrogens with zero attached hydrogens (tertiary/aromatic N) is 3. The molecular weight excluding hydrogens is 340 g/mol. The lowest BCUT2D eigenvalue weighted by Gasteiger charge is -2.33. The Hall–Kier alpha value is -1.98. The average Bonchev–Trinajstić information content (AvgIpc) is 2.58. The van der Waals surface area contributed by atoms with Crippen molar-refractivity contribution in [2.24, 2.45) is 0 Å². The lowest BCUT2D eigenvalue weighted by Crippen LogP contribution is -2.41. The van der Waals surface area contributed by atoms with Crippen molar-refractivity contribution >= 4 is 23.0 Å². The zero-order valence-corrected chi connectivity index (χ0v) is 17.5. The van der Waals surface area contributed by atoms with E-state index >= 15 is 0 Å². The van der Waals surface area contributed by atoms with Gasteiger partial charge in [0.2, 0.25) is 0 Å². The van der Waals surface area contributed by atoms with Crippen LogP contribution < -0.4 is 5.32 Å². The van der Waals surface area contributed by atoms with Crippen LogP contribution in [0.2, 0.25) is 0 Å². The smallest absolute Gasteiger partial charge is 0.173 e. The van der Waals surface area contributed by atoms with E-state index in [9.17, 15) is 0 Å². The maximum Gasteiger partial charge on any atom is 0.173 e. The Labute approximate surface area is 163 Å². The fraction of sp³-hybridized carbons (Fsp3) is 0.429. The minimum Gasteiger partial charge on any atom is -0.341 e. The van der Waals surface area contributed by atoms with Crippen molar-refractivity contribution in [2.75, 3.05) is 32.5 Å². The maximum absolute atomic E-state index is 5.82. The van der Waals surface area contributed by atoms with Gasteiger partial charge in [-0.25, -0.2) is 0 Å². The van der Waals surface area contributed by atoms with Crippen molar-refractivity contribution in [2.45, 2.75) is 33.7 Å². The molecule has 1 N–H and O–H groups in total. The SMILES string of the molecule is Cc1cc(C)c(NC(=S)N(CCN(C)C)[C@@H](C)c2ccncc2)c(C)c1. The Morgan fingerprint density at radius 3 is 2.19 bits per heavy atom. The van der Waals surface area contributed by atoms with Crippen LogP contribution >= 0.6 is 12.2 Å². The number of hydrogen-bond donors (Lipinski definition) is 1. The molecule has 0 saturated carbocycles. The molecule has 1 aromatic carbocycles.